The van der Waals surface area contributed by atoms with Crippen molar-refractivity contribution in [2.24, 2.45) is 11.3 Å². The second kappa shape index (κ2) is 6.05. The van der Waals surface area contributed by atoms with Crippen LogP contribution in [0.5, 0.6) is 0 Å². The van der Waals surface area contributed by atoms with Crippen LogP contribution in [0, 0.1) is 25.2 Å². The maximum atomic E-state index is 13.2. The Labute approximate surface area is 157 Å². The molecular weight excluding hydrogens is 346 g/mol. The van der Waals surface area contributed by atoms with Gasteiger partial charge >= 0.3 is 0 Å². The van der Waals surface area contributed by atoms with Gasteiger partial charge in [-0.05, 0) is 50.0 Å². The smallest absolute Gasteiger partial charge is 0.262 e. The summed E-state index contributed by atoms with van der Waals surface area (Å²) in [6, 6.07) is 0. The van der Waals surface area contributed by atoms with Crippen LogP contribution in [-0.2, 0) is 19.4 Å². The third-order valence-electron chi connectivity index (χ3n) is 5.77. The zero-order valence-electron chi connectivity index (χ0n) is 16.0. The molecule has 26 heavy (non-hydrogen) atoms. The summed E-state index contributed by atoms with van der Waals surface area (Å²) in [4.78, 5) is 20.0. The van der Waals surface area contributed by atoms with Gasteiger partial charge in [0, 0.05) is 10.4 Å². The van der Waals surface area contributed by atoms with Gasteiger partial charge in [-0.2, -0.15) is 0 Å². The van der Waals surface area contributed by atoms with Crippen molar-refractivity contribution in [3.8, 4) is 0 Å². The SMILES string of the molecule is Cc1noc(C)c1Cn1cnc2sc3c(c2c1=O)CCC(C(C)(C)C)C3. The van der Waals surface area contributed by atoms with Crippen LogP contribution in [0.15, 0.2) is 15.6 Å². The number of aryl methyl sites for hydroxylation is 3. The van der Waals surface area contributed by atoms with Crippen LogP contribution in [-0.4, -0.2) is 14.7 Å². The molecule has 0 spiro atoms. The van der Waals surface area contributed by atoms with Crippen molar-refractivity contribution >= 4 is 21.6 Å². The fourth-order valence-electron chi connectivity index (χ4n) is 3.95. The lowest BCUT2D eigenvalue weighted by Gasteiger charge is -2.33. The Hall–Kier alpha value is -1.95. The Morgan fingerprint density at radius 2 is 2.12 bits per heavy atom. The molecule has 3 heterocycles. The van der Waals surface area contributed by atoms with E-state index in [-0.39, 0.29) is 5.56 Å². The Morgan fingerprint density at radius 1 is 1.35 bits per heavy atom. The lowest BCUT2D eigenvalue weighted by molar-refractivity contribution is 0.218. The van der Waals surface area contributed by atoms with Gasteiger partial charge in [0.05, 0.1) is 24.0 Å². The molecule has 0 saturated carbocycles. The Kier molecular flexibility index (Phi) is 4.06. The molecule has 0 N–H and O–H groups in total. The van der Waals surface area contributed by atoms with E-state index < -0.39 is 0 Å². The zero-order valence-corrected chi connectivity index (χ0v) is 16.9. The summed E-state index contributed by atoms with van der Waals surface area (Å²) < 4.78 is 6.92. The second-order valence-electron chi connectivity index (χ2n) is 8.47. The summed E-state index contributed by atoms with van der Waals surface area (Å²) in [6.07, 6.45) is 4.84. The molecule has 4 rings (SSSR count). The number of hydrogen-bond donors (Lipinski definition) is 0. The zero-order chi connectivity index (χ0) is 18.6. The van der Waals surface area contributed by atoms with Crippen molar-refractivity contribution in [2.45, 2.75) is 60.4 Å². The van der Waals surface area contributed by atoms with E-state index in [0.29, 0.717) is 17.9 Å². The predicted octanol–water partition coefficient (Wildman–Crippen LogP) is 4.26. The van der Waals surface area contributed by atoms with Crippen LogP contribution >= 0.6 is 11.3 Å². The van der Waals surface area contributed by atoms with E-state index in [1.165, 1.54) is 10.4 Å². The number of fused-ring (bicyclic) bond motifs is 3. The van der Waals surface area contributed by atoms with Crippen molar-refractivity contribution in [3.63, 3.8) is 0 Å². The molecule has 0 radical (unpaired) electrons. The molecule has 138 valence electrons. The van der Waals surface area contributed by atoms with Crippen LogP contribution in [0.3, 0.4) is 0 Å². The fourth-order valence-corrected chi connectivity index (χ4v) is 5.21. The highest BCUT2D eigenvalue weighted by Gasteiger charge is 2.31. The molecule has 0 bridgehead atoms. The third kappa shape index (κ3) is 2.80. The number of rotatable bonds is 2. The fraction of sp³-hybridized carbons (Fsp3) is 0.550. The normalized spacial score (nSPS) is 17.7. The highest BCUT2D eigenvalue weighted by Crippen LogP contribution is 2.41. The van der Waals surface area contributed by atoms with Gasteiger partial charge in [0.2, 0.25) is 0 Å². The number of aromatic nitrogens is 3. The summed E-state index contributed by atoms with van der Waals surface area (Å²) in [7, 11) is 0. The van der Waals surface area contributed by atoms with Crippen molar-refractivity contribution in [1.29, 1.82) is 0 Å². The van der Waals surface area contributed by atoms with Crippen molar-refractivity contribution in [2.75, 3.05) is 0 Å². The first-order valence-electron chi connectivity index (χ1n) is 9.17. The molecule has 1 atom stereocenters. The standard InChI is InChI=1S/C20H25N3O2S/c1-11-15(12(2)25-22-11)9-23-10-21-18-17(19(23)24)14-7-6-13(20(3,4)5)8-16(14)26-18/h10,13H,6-9H2,1-5H3. The van der Waals surface area contributed by atoms with Crippen molar-refractivity contribution < 1.29 is 4.52 Å². The number of thiophene rings is 1. The first kappa shape index (κ1) is 17.5. The lowest BCUT2D eigenvalue weighted by atomic mass is 9.72. The highest BCUT2D eigenvalue weighted by molar-refractivity contribution is 7.18. The summed E-state index contributed by atoms with van der Waals surface area (Å²) in [5.41, 5.74) is 3.38. The molecule has 6 heteroatoms. The summed E-state index contributed by atoms with van der Waals surface area (Å²) in [5, 5.41) is 4.81. The molecule has 0 aliphatic heterocycles. The van der Waals surface area contributed by atoms with Crippen LogP contribution in [0.4, 0.5) is 0 Å². The maximum absolute atomic E-state index is 13.2. The molecule has 1 aliphatic rings. The average molecular weight is 372 g/mol. The van der Waals surface area contributed by atoms with Gasteiger partial charge in [0.25, 0.3) is 5.56 Å². The molecule has 3 aromatic rings. The Balaban J connectivity index is 1.76. The number of hydrogen-bond acceptors (Lipinski definition) is 5. The van der Waals surface area contributed by atoms with Gasteiger partial charge in [-0.3, -0.25) is 9.36 Å². The second-order valence-corrected chi connectivity index (χ2v) is 9.55. The van der Waals surface area contributed by atoms with E-state index in [1.54, 1.807) is 22.2 Å². The first-order chi connectivity index (χ1) is 12.3. The molecule has 0 saturated heterocycles. The minimum absolute atomic E-state index is 0.0571. The topological polar surface area (TPSA) is 60.9 Å². The molecule has 3 aromatic heterocycles. The first-order valence-corrected chi connectivity index (χ1v) is 9.98. The molecule has 1 aliphatic carbocycles. The van der Waals surface area contributed by atoms with E-state index in [9.17, 15) is 4.79 Å². The van der Waals surface area contributed by atoms with E-state index in [0.717, 1.165) is 46.5 Å². The molecule has 0 amide bonds. The molecule has 0 fully saturated rings. The quantitative estimate of drug-likeness (QED) is 0.675. The monoisotopic (exact) mass is 371 g/mol. The van der Waals surface area contributed by atoms with Crippen LogP contribution < -0.4 is 5.56 Å². The minimum atomic E-state index is 0.0571. The van der Waals surface area contributed by atoms with Gasteiger partial charge in [-0.25, -0.2) is 4.98 Å². The minimum Gasteiger partial charge on any atom is -0.361 e. The Bertz CT molecular complexity index is 1020. The summed E-state index contributed by atoms with van der Waals surface area (Å²) in [6.45, 7) is 11.2. The van der Waals surface area contributed by atoms with Gasteiger partial charge in [-0.15, -0.1) is 11.3 Å². The van der Waals surface area contributed by atoms with Gasteiger partial charge in [0.15, 0.2) is 0 Å². The van der Waals surface area contributed by atoms with Crippen LogP contribution in [0.25, 0.3) is 10.2 Å². The molecule has 1 unspecified atom stereocenters. The lowest BCUT2D eigenvalue weighted by Crippen LogP contribution is -2.27. The van der Waals surface area contributed by atoms with Gasteiger partial charge < -0.3 is 4.52 Å². The van der Waals surface area contributed by atoms with Crippen LogP contribution in [0.2, 0.25) is 0 Å². The summed E-state index contributed by atoms with van der Waals surface area (Å²) in [5.74, 6) is 1.42. The van der Waals surface area contributed by atoms with Crippen LogP contribution in [0.1, 0.15) is 54.7 Å². The van der Waals surface area contributed by atoms with Crippen molar-refractivity contribution in [3.05, 3.63) is 44.1 Å². The summed E-state index contributed by atoms with van der Waals surface area (Å²) >= 11 is 1.70. The molecule has 5 nitrogen and oxygen atoms in total. The maximum Gasteiger partial charge on any atom is 0.262 e. The Morgan fingerprint density at radius 3 is 2.77 bits per heavy atom. The largest absolute Gasteiger partial charge is 0.361 e. The molecule has 0 aromatic carbocycles. The highest BCUT2D eigenvalue weighted by atomic mass is 32.1. The van der Waals surface area contributed by atoms with Gasteiger partial charge in [-0.1, -0.05) is 25.9 Å². The third-order valence-corrected chi connectivity index (χ3v) is 6.93. The van der Waals surface area contributed by atoms with E-state index >= 15 is 0 Å². The number of nitrogens with zero attached hydrogens (tertiary/aromatic N) is 3. The van der Waals surface area contributed by atoms with E-state index in [4.69, 9.17) is 4.52 Å². The van der Waals surface area contributed by atoms with E-state index in [2.05, 4.69) is 30.9 Å². The van der Waals surface area contributed by atoms with Gasteiger partial charge in [0.1, 0.15) is 10.6 Å². The predicted molar refractivity (Wildman–Crippen MR) is 104 cm³/mol. The average Bonchev–Trinajstić information content (AvgIpc) is 3.10. The van der Waals surface area contributed by atoms with E-state index in [1.807, 2.05) is 13.8 Å². The molecular formula is C20H25N3O2S. The van der Waals surface area contributed by atoms with Crippen molar-refractivity contribution in [1.82, 2.24) is 14.7 Å².